The molecular formula is C28H30N2. The van der Waals surface area contributed by atoms with E-state index in [4.69, 9.17) is 5.73 Å². The quantitative estimate of drug-likeness (QED) is 0.361. The van der Waals surface area contributed by atoms with Crippen LogP contribution in [0.3, 0.4) is 0 Å². The van der Waals surface area contributed by atoms with Crippen molar-refractivity contribution in [3.63, 3.8) is 0 Å². The average Bonchev–Trinajstić information content (AvgIpc) is 2.80. The molecule has 0 bridgehead atoms. The van der Waals surface area contributed by atoms with Crippen LogP contribution in [0.4, 0.5) is 11.4 Å². The van der Waals surface area contributed by atoms with Crippen molar-refractivity contribution >= 4 is 23.2 Å². The summed E-state index contributed by atoms with van der Waals surface area (Å²) in [5.74, 6) is 0. The Balaban J connectivity index is 0.000000310. The molecule has 1 aliphatic rings. The van der Waals surface area contributed by atoms with Crippen molar-refractivity contribution in [2.24, 2.45) is 4.99 Å². The summed E-state index contributed by atoms with van der Waals surface area (Å²) in [6.07, 6.45) is 7.77. The molecule has 0 saturated heterocycles. The van der Waals surface area contributed by atoms with Gasteiger partial charge in [-0.05, 0) is 79.7 Å². The smallest absolute Gasteiger partial charge is 0.0629 e. The molecule has 0 atom stereocenters. The molecule has 0 radical (unpaired) electrons. The van der Waals surface area contributed by atoms with Gasteiger partial charge >= 0.3 is 0 Å². The topological polar surface area (TPSA) is 38.4 Å². The van der Waals surface area contributed by atoms with Crippen LogP contribution in [0, 0.1) is 6.92 Å². The number of aliphatic imine (C=N–C) groups is 1. The summed E-state index contributed by atoms with van der Waals surface area (Å²) >= 11 is 0. The highest BCUT2D eigenvalue weighted by molar-refractivity contribution is 5.98. The van der Waals surface area contributed by atoms with E-state index in [0.29, 0.717) is 0 Å². The van der Waals surface area contributed by atoms with E-state index in [0.717, 1.165) is 24.2 Å². The fraction of sp³-hybridized carbons (Fsp3) is 0.179. The summed E-state index contributed by atoms with van der Waals surface area (Å²) in [5, 5.41) is 0. The molecule has 3 aromatic carbocycles. The Bertz CT molecular complexity index is 1010. The standard InChI is InChI=1S/C22H23N.C6H7N/c1-3-18-8-7-9-20(16-23-21-10-5-4-6-11-21)22(18)19-14-12-17(2)13-15-19;7-6-4-2-1-3-5-6/h3-6,10-16H,7-9H2,1-2H3;1-5H,7H2. The van der Waals surface area contributed by atoms with Gasteiger partial charge in [-0.15, -0.1) is 0 Å². The van der Waals surface area contributed by atoms with Gasteiger partial charge in [0.15, 0.2) is 0 Å². The zero-order valence-corrected chi connectivity index (χ0v) is 17.9. The Hall–Kier alpha value is -3.39. The Morgan fingerprint density at radius 2 is 1.43 bits per heavy atom. The summed E-state index contributed by atoms with van der Waals surface area (Å²) in [6, 6.07) is 28.5. The number of aryl methyl sites for hydroxylation is 1. The van der Waals surface area contributed by atoms with E-state index >= 15 is 0 Å². The number of hydrogen-bond donors (Lipinski definition) is 1. The first-order chi connectivity index (χ1) is 14.7. The van der Waals surface area contributed by atoms with Gasteiger partial charge < -0.3 is 5.73 Å². The van der Waals surface area contributed by atoms with Crippen LogP contribution in [0.15, 0.2) is 107 Å². The third kappa shape index (κ3) is 6.05. The second kappa shape index (κ2) is 11.0. The van der Waals surface area contributed by atoms with Gasteiger partial charge in [0.25, 0.3) is 0 Å². The van der Waals surface area contributed by atoms with Crippen molar-refractivity contribution in [2.45, 2.75) is 33.1 Å². The van der Waals surface area contributed by atoms with E-state index in [1.54, 1.807) is 0 Å². The van der Waals surface area contributed by atoms with Gasteiger partial charge in [0.1, 0.15) is 0 Å². The molecule has 0 aromatic heterocycles. The van der Waals surface area contributed by atoms with Crippen LogP contribution >= 0.6 is 0 Å². The van der Waals surface area contributed by atoms with E-state index in [1.165, 1.54) is 34.3 Å². The van der Waals surface area contributed by atoms with Crippen LogP contribution in [0.25, 0.3) is 5.57 Å². The number of benzene rings is 3. The molecule has 2 N–H and O–H groups in total. The molecule has 4 rings (SSSR count). The second-order valence-electron chi connectivity index (χ2n) is 7.44. The Labute approximate surface area is 180 Å². The number of nitrogens with two attached hydrogens (primary N) is 1. The molecule has 0 saturated carbocycles. The van der Waals surface area contributed by atoms with Crippen LogP contribution in [-0.4, -0.2) is 6.21 Å². The number of nitrogen functional groups attached to an aromatic ring is 1. The van der Waals surface area contributed by atoms with Gasteiger partial charge in [0.05, 0.1) is 5.69 Å². The lowest BCUT2D eigenvalue weighted by atomic mass is 9.83. The number of nitrogens with zero attached hydrogens (tertiary/aromatic N) is 1. The Kier molecular flexibility index (Phi) is 7.79. The largest absolute Gasteiger partial charge is 0.399 e. The lowest BCUT2D eigenvalue weighted by Crippen LogP contribution is -2.04. The molecule has 2 nitrogen and oxygen atoms in total. The predicted molar refractivity (Wildman–Crippen MR) is 131 cm³/mol. The second-order valence-corrected chi connectivity index (χ2v) is 7.44. The van der Waals surface area contributed by atoms with Gasteiger partial charge in [-0.3, -0.25) is 4.99 Å². The van der Waals surface area contributed by atoms with Crippen LogP contribution in [-0.2, 0) is 0 Å². The molecular weight excluding hydrogens is 364 g/mol. The molecule has 0 unspecified atom stereocenters. The van der Waals surface area contributed by atoms with E-state index in [2.05, 4.69) is 55.4 Å². The first-order valence-electron chi connectivity index (χ1n) is 10.5. The zero-order valence-electron chi connectivity index (χ0n) is 17.9. The van der Waals surface area contributed by atoms with Gasteiger partial charge in [-0.2, -0.15) is 0 Å². The highest BCUT2D eigenvalue weighted by atomic mass is 14.7. The van der Waals surface area contributed by atoms with Crippen molar-refractivity contribution < 1.29 is 0 Å². The minimum Gasteiger partial charge on any atom is -0.399 e. The number of allylic oxidation sites excluding steroid dienone is 4. The maximum absolute atomic E-state index is 5.36. The first kappa shape index (κ1) is 21.3. The number of hydrogen-bond acceptors (Lipinski definition) is 2. The van der Waals surface area contributed by atoms with Crippen molar-refractivity contribution in [3.8, 4) is 0 Å². The predicted octanol–water partition coefficient (Wildman–Crippen LogP) is 7.55. The van der Waals surface area contributed by atoms with E-state index in [-0.39, 0.29) is 0 Å². The van der Waals surface area contributed by atoms with Crippen LogP contribution < -0.4 is 5.73 Å². The summed E-state index contributed by atoms with van der Waals surface area (Å²) in [7, 11) is 0. The monoisotopic (exact) mass is 394 g/mol. The minimum absolute atomic E-state index is 0.822. The highest BCUT2D eigenvalue weighted by Gasteiger charge is 2.17. The van der Waals surface area contributed by atoms with Gasteiger partial charge in [-0.1, -0.05) is 72.3 Å². The molecule has 152 valence electrons. The maximum Gasteiger partial charge on any atom is 0.0629 e. The molecule has 0 heterocycles. The maximum atomic E-state index is 5.36. The summed E-state index contributed by atoms with van der Waals surface area (Å²) in [4.78, 5) is 4.68. The fourth-order valence-corrected chi connectivity index (χ4v) is 3.55. The third-order valence-corrected chi connectivity index (χ3v) is 5.15. The normalized spacial score (nSPS) is 15.2. The van der Waals surface area contributed by atoms with Gasteiger partial charge in [0, 0.05) is 11.9 Å². The number of rotatable bonds is 3. The lowest BCUT2D eigenvalue weighted by Gasteiger charge is -2.22. The SMILES string of the molecule is CC=C1CCCC(C=Nc2ccccc2)=C1c1ccc(C)cc1.Nc1ccccc1. The summed E-state index contributed by atoms with van der Waals surface area (Å²) < 4.78 is 0. The van der Waals surface area contributed by atoms with Crippen LogP contribution in [0.1, 0.15) is 37.3 Å². The van der Waals surface area contributed by atoms with Crippen molar-refractivity contribution in [2.75, 3.05) is 5.73 Å². The molecule has 0 aliphatic heterocycles. The molecule has 30 heavy (non-hydrogen) atoms. The lowest BCUT2D eigenvalue weighted by molar-refractivity contribution is 0.813. The third-order valence-electron chi connectivity index (χ3n) is 5.15. The summed E-state index contributed by atoms with van der Waals surface area (Å²) in [6.45, 7) is 4.27. The summed E-state index contributed by atoms with van der Waals surface area (Å²) in [5.41, 5.74) is 13.9. The zero-order chi connectivity index (χ0) is 21.2. The van der Waals surface area contributed by atoms with E-state index in [1.807, 2.05) is 60.7 Å². The van der Waals surface area contributed by atoms with Gasteiger partial charge in [0.2, 0.25) is 0 Å². The van der Waals surface area contributed by atoms with Crippen LogP contribution in [0.5, 0.6) is 0 Å². The van der Waals surface area contributed by atoms with Crippen molar-refractivity contribution in [3.05, 3.63) is 113 Å². The highest BCUT2D eigenvalue weighted by Crippen LogP contribution is 2.36. The fourth-order valence-electron chi connectivity index (χ4n) is 3.55. The molecule has 0 fully saturated rings. The molecule has 0 spiro atoms. The molecule has 1 aliphatic carbocycles. The van der Waals surface area contributed by atoms with Crippen molar-refractivity contribution in [1.29, 1.82) is 0 Å². The van der Waals surface area contributed by atoms with Crippen LogP contribution in [0.2, 0.25) is 0 Å². The minimum atomic E-state index is 0.822. The molecule has 0 amide bonds. The van der Waals surface area contributed by atoms with E-state index in [9.17, 15) is 0 Å². The number of para-hydroxylation sites is 2. The average molecular weight is 395 g/mol. The molecule has 3 aromatic rings. The molecule has 2 heteroatoms. The van der Waals surface area contributed by atoms with Crippen molar-refractivity contribution in [1.82, 2.24) is 0 Å². The van der Waals surface area contributed by atoms with E-state index < -0.39 is 0 Å². The Morgan fingerprint density at radius 1 is 0.800 bits per heavy atom. The van der Waals surface area contributed by atoms with Gasteiger partial charge in [-0.25, -0.2) is 0 Å². The number of anilines is 1. The first-order valence-corrected chi connectivity index (χ1v) is 10.5. The Morgan fingerprint density at radius 3 is 2.00 bits per heavy atom.